The van der Waals surface area contributed by atoms with Gasteiger partial charge in [0.25, 0.3) is 0 Å². The molecule has 0 unspecified atom stereocenters. The smallest absolute Gasteiger partial charge is 0.224 e. The lowest BCUT2D eigenvalue weighted by molar-refractivity contribution is -0.116. The minimum atomic E-state index is -0.0761. The maximum absolute atomic E-state index is 11.9. The molecule has 0 bridgehead atoms. The molecule has 1 aromatic heterocycles. The van der Waals surface area contributed by atoms with Crippen LogP contribution in [0.3, 0.4) is 0 Å². The molecule has 4 nitrogen and oxygen atoms in total. The maximum Gasteiger partial charge on any atom is 0.224 e. The molecule has 1 amide bonds. The number of aryl methyl sites for hydroxylation is 1. The van der Waals surface area contributed by atoms with E-state index in [4.69, 9.17) is 9.15 Å². The maximum atomic E-state index is 11.9. The number of benzene rings is 1. The Morgan fingerprint density at radius 2 is 2.26 bits per heavy atom. The van der Waals surface area contributed by atoms with E-state index in [1.807, 2.05) is 24.3 Å². The zero-order valence-electron chi connectivity index (χ0n) is 10.5. The van der Waals surface area contributed by atoms with Gasteiger partial charge in [-0.3, -0.25) is 4.79 Å². The molecule has 1 aromatic carbocycles. The van der Waals surface area contributed by atoms with Crippen molar-refractivity contribution in [1.29, 1.82) is 0 Å². The summed E-state index contributed by atoms with van der Waals surface area (Å²) in [6.07, 6.45) is 2.54. The summed E-state index contributed by atoms with van der Waals surface area (Å²) in [5.74, 6) is 1.36. The highest BCUT2D eigenvalue weighted by atomic mass is 79.9. The van der Waals surface area contributed by atoms with Gasteiger partial charge >= 0.3 is 0 Å². The molecular weight excluding hydrogens is 310 g/mol. The van der Waals surface area contributed by atoms with Crippen molar-refractivity contribution >= 4 is 27.5 Å². The normalized spacial score (nSPS) is 10.2. The Morgan fingerprint density at radius 1 is 1.42 bits per heavy atom. The topological polar surface area (TPSA) is 51.5 Å². The average molecular weight is 324 g/mol. The molecule has 0 aliphatic rings. The van der Waals surface area contributed by atoms with Crippen LogP contribution in [0.5, 0.6) is 5.75 Å². The molecule has 2 aromatic rings. The number of ether oxygens (including phenoxy) is 1. The van der Waals surface area contributed by atoms with Crippen molar-refractivity contribution in [2.75, 3.05) is 12.4 Å². The highest BCUT2D eigenvalue weighted by Crippen LogP contribution is 2.28. The molecule has 19 heavy (non-hydrogen) atoms. The summed E-state index contributed by atoms with van der Waals surface area (Å²) in [5, 5.41) is 2.83. The lowest BCUT2D eigenvalue weighted by atomic mass is 10.2. The SMILES string of the molecule is COc1ccc(Br)cc1NC(=O)CCc1ccco1. The third kappa shape index (κ3) is 3.86. The molecule has 0 radical (unpaired) electrons. The van der Waals surface area contributed by atoms with Crippen LogP contribution in [-0.4, -0.2) is 13.0 Å². The van der Waals surface area contributed by atoms with Crippen LogP contribution in [0.15, 0.2) is 45.5 Å². The Hall–Kier alpha value is -1.75. The van der Waals surface area contributed by atoms with Crippen molar-refractivity contribution in [3.63, 3.8) is 0 Å². The van der Waals surface area contributed by atoms with Gasteiger partial charge in [0.2, 0.25) is 5.91 Å². The average Bonchev–Trinajstić information content (AvgIpc) is 2.90. The number of nitrogens with one attached hydrogen (secondary N) is 1. The Balaban J connectivity index is 1.96. The lowest BCUT2D eigenvalue weighted by Gasteiger charge is -2.10. The highest BCUT2D eigenvalue weighted by Gasteiger charge is 2.09. The third-order valence-corrected chi connectivity index (χ3v) is 3.11. The molecule has 100 valence electrons. The monoisotopic (exact) mass is 323 g/mol. The third-order valence-electron chi connectivity index (χ3n) is 2.61. The quantitative estimate of drug-likeness (QED) is 0.914. The van der Waals surface area contributed by atoms with E-state index < -0.39 is 0 Å². The van der Waals surface area contributed by atoms with Crippen LogP contribution >= 0.6 is 15.9 Å². The van der Waals surface area contributed by atoms with E-state index in [-0.39, 0.29) is 5.91 Å². The van der Waals surface area contributed by atoms with Crippen LogP contribution in [0.2, 0.25) is 0 Å². The van der Waals surface area contributed by atoms with Crippen molar-refractivity contribution in [2.45, 2.75) is 12.8 Å². The summed E-state index contributed by atoms with van der Waals surface area (Å²) in [4.78, 5) is 11.9. The molecule has 2 rings (SSSR count). The molecule has 0 fully saturated rings. The fraction of sp³-hybridized carbons (Fsp3) is 0.214. The second-order valence-electron chi connectivity index (χ2n) is 3.97. The number of carbonyl (C=O) groups is 1. The van der Waals surface area contributed by atoms with E-state index in [1.54, 1.807) is 19.4 Å². The summed E-state index contributed by atoms with van der Waals surface area (Å²) < 4.78 is 11.3. The van der Waals surface area contributed by atoms with Gasteiger partial charge in [0, 0.05) is 17.3 Å². The lowest BCUT2D eigenvalue weighted by Crippen LogP contribution is -2.13. The molecule has 1 heterocycles. The Morgan fingerprint density at radius 3 is 2.95 bits per heavy atom. The first-order valence-electron chi connectivity index (χ1n) is 5.85. The second-order valence-corrected chi connectivity index (χ2v) is 4.89. The van der Waals surface area contributed by atoms with Gasteiger partial charge in [0.05, 0.1) is 19.1 Å². The van der Waals surface area contributed by atoms with Crippen LogP contribution < -0.4 is 10.1 Å². The number of rotatable bonds is 5. The molecule has 0 spiro atoms. The van der Waals surface area contributed by atoms with Gasteiger partial charge in [0.15, 0.2) is 0 Å². The Kier molecular flexibility index (Phi) is 4.63. The standard InChI is InChI=1S/C14H14BrNO3/c1-18-13-6-4-10(15)9-12(13)16-14(17)7-5-11-3-2-8-19-11/h2-4,6,8-9H,5,7H2,1H3,(H,16,17). The van der Waals surface area contributed by atoms with E-state index in [2.05, 4.69) is 21.2 Å². The van der Waals surface area contributed by atoms with E-state index in [1.165, 1.54) is 0 Å². The molecule has 0 atom stereocenters. The first-order chi connectivity index (χ1) is 9.19. The number of hydrogen-bond acceptors (Lipinski definition) is 3. The van der Waals surface area contributed by atoms with Gasteiger partial charge in [-0.05, 0) is 30.3 Å². The molecule has 0 saturated carbocycles. The van der Waals surface area contributed by atoms with Crippen molar-refractivity contribution in [2.24, 2.45) is 0 Å². The second kappa shape index (κ2) is 6.43. The summed E-state index contributed by atoms with van der Waals surface area (Å²) in [6, 6.07) is 9.13. The molecule has 5 heteroatoms. The zero-order valence-corrected chi connectivity index (χ0v) is 12.1. The first-order valence-corrected chi connectivity index (χ1v) is 6.64. The van der Waals surface area contributed by atoms with Gasteiger partial charge < -0.3 is 14.5 Å². The van der Waals surface area contributed by atoms with Gasteiger partial charge in [0.1, 0.15) is 11.5 Å². The fourth-order valence-corrected chi connectivity index (χ4v) is 2.04. The van der Waals surface area contributed by atoms with E-state index in [9.17, 15) is 4.79 Å². The van der Waals surface area contributed by atoms with Crippen molar-refractivity contribution < 1.29 is 13.9 Å². The molecule has 0 aliphatic carbocycles. The van der Waals surface area contributed by atoms with Gasteiger partial charge in [-0.25, -0.2) is 0 Å². The van der Waals surface area contributed by atoms with Crippen LogP contribution in [-0.2, 0) is 11.2 Å². The van der Waals surface area contributed by atoms with E-state index in [0.29, 0.717) is 24.3 Å². The molecule has 1 N–H and O–H groups in total. The van der Waals surface area contributed by atoms with Gasteiger partial charge in [-0.1, -0.05) is 15.9 Å². The summed E-state index contributed by atoms with van der Waals surface area (Å²) in [7, 11) is 1.57. The number of amides is 1. The van der Waals surface area contributed by atoms with Crippen molar-refractivity contribution in [3.05, 3.63) is 46.8 Å². The summed E-state index contributed by atoms with van der Waals surface area (Å²) in [6.45, 7) is 0. The number of furan rings is 1. The first kappa shape index (κ1) is 13.7. The van der Waals surface area contributed by atoms with Gasteiger partial charge in [-0.2, -0.15) is 0 Å². The molecule has 0 aliphatic heterocycles. The van der Waals surface area contributed by atoms with Gasteiger partial charge in [-0.15, -0.1) is 0 Å². The fourth-order valence-electron chi connectivity index (χ4n) is 1.68. The Labute approximate surface area is 119 Å². The van der Waals surface area contributed by atoms with E-state index >= 15 is 0 Å². The van der Waals surface area contributed by atoms with Crippen LogP contribution in [0.4, 0.5) is 5.69 Å². The number of anilines is 1. The van der Waals surface area contributed by atoms with Crippen LogP contribution in [0.1, 0.15) is 12.2 Å². The zero-order chi connectivity index (χ0) is 13.7. The number of halogens is 1. The summed E-state index contributed by atoms with van der Waals surface area (Å²) >= 11 is 3.36. The minimum Gasteiger partial charge on any atom is -0.495 e. The molecular formula is C14H14BrNO3. The predicted molar refractivity (Wildman–Crippen MR) is 76.4 cm³/mol. The van der Waals surface area contributed by atoms with Crippen LogP contribution in [0.25, 0.3) is 0 Å². The number of carbonyl (C=O) groups excluding carboxylic acids is 1. The van der Waals surface area contributed by atoms with Crippen molar-refractivity contribution in [3.8, 4) is 5.75 Å². The Bertz CT molecular complexity index is 552. The van der Waals surface area contributed by atoms with E-state index in [0.717, 1.165) is 10.2 Å². The molecule has 0 saturated heterocycles. The highest BCUT2D eigenvalue weighted by molar-refractivity contribution is 9.10. The summed E-state index contributed by atoms with van der Waals surface area (Å²) in [5.41, 5.74) is 0.654. The minimum absolute atomic E-state index is 0.0761. The predicted octanol–water partition coefficient (Wildman–Crippen LogP) is 3.62. The largest absolute Gasteiger partial charge is 0.495 e. The number of methoxy groups -OCH3 is 1. The number of hydrogen-bond donors (Lipinski definition) is 1. The van der Waals surface area contributed by atoms with Crippen LogP contribution in [0, 0.1) is 0 Å². The van der Waals surface area contributed by atoms with Crippen molar-refractivity contribution in [1.82, 2.24) is 0 Å².